The van der Waals surface area contributed by atoms with Gasteiger partial charge >= 0.3 is 12.0 Å². The molecule has 0 bridgehead atoms. The Kier molecular flexibility index (Phi) is 4.81. The van der Waals surface area contributed by atoms with Gasteiger partial charge < -0.3 is 14.9 Å². The Labute approximate surface area is 108 Å². The molecular formula is C11H13N3O5. The summed E-state index contributed by atoms with van der Waals surface area (Å²) in [5.74, 6) is -1.55. The van der Waals surface area contributed by atoms with Crippen molar-refractivity contribution in [2.45, 2.75) is 20.4 Å². The minimum Gasteiger partial charge on any atom is -0.478 e. The highest BCUT2D eigenvalue weighted by molar-refractivity contribution is 6.07. The molecule has 19 heavy (non-hydrogen) atoms. The van der Waals surface area contributed by atoms with Crippen molar-refractivity contribution in [1.82, 2.24) is 15.8 Å². The van der Waals surface area contributed by atoms with Gasteiger partial charge in [-0.15, -0.1) is 0 Å². The van der Waals surface area contributed by atoms with Crippen LogP contribution in [0.25, 0.3) is 0 Å². The van der Waals surface area contributed by atoms with E-state index in [4.69, 9.17) is 9.63 Å². The lowest BCUT2D eigenvalue weighted by Gasteiger charge is -2.06. The number of hydrogen-bond donors (Lipinski definition) is 3. The van der Waals surface area contributed by atoms with Gasteiger partial charge in [-0.3, -0.25) is 10.1 Å². The maximum Gasteiger partial charge on any atom is 0.331 e. The number of carbonyl (C=O) groups is 3. The van der Waals surface area contributed by atoms with Crippen molar-refractivity contribution in [3.63, 3.8) is 0 Å². The van der Waals surface area contributed by atoms with Gasteiger partial charge in [0, 0.05) is 17.2 Å². The van der Waals surface area contributed by atoms with E-state index >= 15 is 0 Å². The van der Waals surface area contributed by atoms with Gasteiger partial charge in [0.1, 0.15) is 0 Å². The van der Waals surface area contributed by atoms with Crippen LogP contribution in [0, 0.1) is 0 Å². The maximum absolute atomic E-state index is 11.5. The van der Waals surface area contributed by atoms with E-state index in [-0.39, 0.29) is 17.7 Å². The van der Waals surface area contributed by atoms with Gasteiger partial charge in [-0.2, -0.15) is 0 Å². The molecule has 0 aliphatic rings. The van der Waals surface area contributed by atoms with Gasteiger partial charge in [0.05, 0.1) is 12.7 Å². The van der Waals surface area contributed by atoms with Crippen LogP contribution in [0.15, 0.2) is 27.9 Å². The van der Waals surface area contributed by atoms with E-state index in [2.05, 4.69) is 10.5 Å². The number of amides is 3. The number of carboxylic acids is 1. The Balaban J connectivity index is 2.50. The molecular weight excluding hydrogens is 254 g/mol. The van der Waals surface area contributed by atoms with Crippen LogP contribution < -0.4 is 10.6 Å². The molecule has 0 fully saturated rings. The molecule has 1 heterocycles. The van der Waals surface area contributed by atoms with Crippen LogP contribution in [0.2, 0.25) is 0 Å². The second kappa shape index (κ2) is 6.34. The van der Waals surface area contributed by atoms with Crippen molar-refractivity contribution < 1.29 is 24.0 Å². The second-order valence-corrected chi connectivity index (χ2v) is 3.67. The molecule has 1 aromatic heterocycles. The molecule has 0 spiro atoms. The van der Waals surface area contributed by atoms with E-state index < -0.39 is 17.9 Å². The summed E-state index contributed by atoms with van der Waals surface area (Å²) in [6.45, 7) is 2.67. The minimum absolute atomic E-state index is 0.0395. The zero-order valence-electron chi connectivity index (χ0n) is 10.4. The maximum atomic E-state index is 11.5. The summed E-state index contributed by atoms with van der Waals surface area (Å²) < 4.78 is 4.74. The Hall–Kier alpha value is -2.64. The van der Waals surface area contributed by atoms with Crippen molar-refractivity contribution in [1.29, 1.82) is 0 Å². The first-order chi connectivity index (χ1) is 8.91. The fourth-order valence-corrected chi connectivity index (χ4v) is 1.07. The molecule has 0 atom stereocenters. The number of carboxylic acid groups (broad SMARTS) is 1. The van der Waals surface area contributed by atoms with Gasteiger partial charge in [-0.05, 0) is 13.8 Å². The van der Waals surface area contributed by atoms with Crippen molar-refractivity contribution >= 4 is 17.9 Å². The summed E-state index contributed by atoms with van der Waals surface area (Å²) in [7, 11) is 0. The summed E-state index contributed by atoms with van der Waals surface area (Å²) in [5, 5.41) is 16.5. The number of urea groups is 1. The molecule has 0 aromatic carbocycles. The smallest absolute Gasteiger partial charge is 0.331 e. The van der Waals surface area contributed by atoms with Crippen LogP contribution in [0.5, 0.6) is 0 Å². The SMILES string of the molecule is CC(C(=O)O)=C(C)C(=O)NC(=O)NCc1ccno1. The van der Waals surface area contributed by atoms with Crippen molar-refractivity contribution in [2.24, 2.45) is 0 Å². The van der Waals surface area contributed by atoms with Gasteiger partial charge in [-0.1, -0.05) is 5.16 Å². The predicted octanol–water partition coefficient (Wildman–Crippen LogP) is 0.421. The van der Waals surface area contributed by atoms with Crippen LogP contribution in [0.1, 0.15) is 19.6 Å². The number of aliphatic carboxylic acids is 1. The number of carbonyl (C=O) groups excluding carboxylic acids is 2. The molecule has 102 valence electrons. The number of hydrogen-bond acceptors (Lipinski definition) is 5. The first-order valence-corrected chi connectivity index (χ1v) is 5.31. The molecule has 8 nitrogen and oxygen atoms in total. The largest absolute Gasteiger partial charge is 0.478 e. The van der Waals surface area contributed by atoms with Gasteiger partial charge in [0.25, 0.3) is 5.91 Å². The van der Waals surface area contributed by atoms with Crippen molar-refractivity contribution in [3.8, 4) is 0 Å². The summed E-state index contributed by atoms with van der Waals surface area (Å²) in [6, 6.07) is 0.806. The molecule has 1 rings (SSSR count). The molecule has 0 aliphatic heterocycles. The summed E-state index contributed by atoms with van der Waals surface area (Å²) in [5.41, 5.74) is -0.164. The second-order valence-electron chi connectivity index (χ2n) is 3.67. The average molecular weight is 267 g/mol. The van der Waals surface area contributed by atoms with E-state index in [0.717, 1.165) is 0 Å². The zero-order chi connectivity index (χ0) is 14.4. The van der Waals surface area contributed by atoms with Crippen molar-refractivity contribution in [2.75, 3.05) is 0 Å². The molecule has 3 amide bonds. The Morgan fingerprint density at radius 3 is 2.53 bits per heavy atom. The first-order valence-electron chi connectivity index (χ1n) is 5.31. The number of imide groups is 1. The van der Waals surface area contributed by atoms with Crippen LogP contribution in [-0.2, 0) is 16.1 Å². The first kappa shape index (κ1) is 14.4. The van der Waals surface area contributed by atoms with Gasteiger partial charge in [0.15, 0.2) is 5.76 Å². The molecule has 8 heteroatoms. The number of nitrogens with zero attached hydrogens (tertiary/aromatic N) is 1. The highest BCUT2D eigenvalue weighted by atomic mass is 16.5. The highest BCUT2D eigenvalue weighted by Crippen LogP contribution is 2.03. The van der Waals surface area contributed by atoms with Crippen LogP contribution in [0.4, 0.5) is 4.79 Å². The molecule has 0 aliphatic carbocycles. The van der Waals surface area contributed by atoms with Crippen LogP contribution in [-0.4, -0.2) is 28.2 Å². The van der Waals surface area contributed by atoms with Gasteiger partial charge in [-0.25, -0.2) is 9.59 Å². The standard InChI is InChI=1S/C11H13N3O5/c1-6(7(2)10(16)17)9(15)14-11(18)12-5-8-3-4-13-19-8/h3-4H,5H2,1-2H3,(H,16,17)(H2,12,14,15,18). The monoisotopic (exact) mass is 267 g/mol. The summed E-state index contributed by atoms with van der Waals surface area (Å²) in [6.07, 6.45) is 1.42. The van der Waals surface area contributed by atoms with Crippen molar-refractivity contribution in [3.05, 3.63) is 29.2 Å². The number of nitrogens with one attached hydrogen (secondary N) is 2. The molecule has 0 unspecified atom stereocenters. The lowest BCUT2D eigenvalue weighted by Crippen LogP contribution is -2.39. The Morgan fingerprint density at radius 2 is 2.00 bits per heavy atom. The third-order valence-corrected chi connectivity index (χ3v) is 2.37. The summed E-state index contributed by atoms with van der Waals surface area (Å²) in [4.78, 5) is 33.6. The fourth-order valence-electron chi connectivity index (χ4n) is 1.07. The predicted molar refractivity (Wildman–Crippen MR) is 62.9 cm³/mol. The quantitative estimate of drug-likeness (QED) is 0.680. The lowest BCUT2D eigenvalue weighted by molar-refractivity contribution is -0.133. The Bertz CT molecular complexity index is 518. The lowest BCUT2D eigenvalue weighted by atomic mass is 10.1. The van der Waals surface area contributed by atoms with Crippen LogP contribution in [0.3, 0.4) is 0 Å². The van der Waals surface area contributed by atoms with E-state index in [1.54, 1.807) is 6.07 Å². The van der Waals surface area contributed by atoms with E-state index in [1.165, 1.54) is 20.0 Å². The van der Waals surface area contributed by atoms with E-state index in [1.807, 2.05) is 5.32 Å². The molecule has 0 saturated carbocycles. The fraction of sp³-hybridized carbons (Fsp3) is 0.273. The summed E-state index contributed by atoms with van der Waals surface area (Å²) >= 11 is 0. The van der Waals surface area contributed by atoms with E-state index in [0.29, 0.717) is 5.76 Å². The number of rotatable bonds is 4. The number of aromatic nitrogens is 1. The normalized spacial score (nSPS) is 11.5. The third kappa shape index (κ3) is 4.26. The highest BCUT2D eigenvalue weighted by Gasteiger charge is 2.15. The topological polar surface area (TPSA) is 122 Å². The van der Waals surface area contributed by atoms with Crippen LogP contribution >= 0.6 is 0 Å². The van der Waals surface area contributed by atoms with Gasteiger partial charge in [0.2, 0.25) is 0 Å². The molecule has 3 N–H and O–H groups in total. The average Bonchev–Trinajstić information content (AvgIpc) is 2.87. The van der Waals surface area contributed by atoms with E-state index in [9.17, 15) is 14.4 Å². The zero-order valence-corrected chi connectivity index (χ0v) is 10.4. The minimum atomic E-state index is -1.21. The third-order valence-electron chi connectivity index (χ3n) is 2.37. The molecule has 0 radical (unpaired) electrons. The molecule has 0 saturated heterocycles. The molecule has 1 aromatic rings. The Morgan fingerprint density at radius 1 is 1.32 bits per heavy atom.